The summed E-state index contributed by atoms with van der Waals surface area (Å²) in [4.78, 5) is 6.94. The van der Waals surface area contributed by atoms with Crippen LogP contribution in [0.2, 0.25) is 0 Å². The van der Waals surface area contributed by atoms with Gasteiger partial charge in [0.05, 0.1) is 0 Å². The zero-order chi connectivity index (χ0) is 13.8. The molecule has 1 aliphatic carbocycles. The van der Waals surface area contributed by atoms with Crippen LogP contribution >= 0.6 is 0 Å². The molecule has 0 spiro atoms. The van der Waals surface area contributed by atoms with Crippen molar-refractivity contribution in [2.45, 2.75) is 44.7 Å². The number of anilines is 1. The van der Waals surface area contributed by atoms with Gasteiger partial charge < -0.3 is 15.3 Å². The fraction of sp³-hybridized carbons (Fsp3) is 0.688. The predicted octanol–water partition coefficient (Wildman–Crippen LogP) is 1.93. The monoisotopic (exact) mass is 275 g/mol. The van der Waals surface area contributed by atoms with E-state index in [1.165, 1.54) is 31.2 Å². The van der Waals surface area contributed by atoms with Gasteiger partial charge in [-0.25, -0.2) is 4.98 Å². The molecule has 2 N–H and O–H groups in total. The maximum Gasteiger partial charge on any atom is 0.128 e. The molecule has 3 rings (SSSR count). The van der Waals surface area contributed by atoms with Gasteiger partial charge in [0.2, 0.25) is 0 Å². The fourth-order valence-corrected chi connectivity index (χ4v) is 3.05. The number of rotatable bonds is 7. The van der Waals surface area contributed by atoms with Crippen molar-refractivity contribution in [2.24, 2.45) is 5.92 Å². The molecule has 0 bridgehead atoms. The second kappa shape index (κ2) is 6.55. The standard InChI is InChI=1S/C16H25N3O/c20-10-7-15(14-4-5-14)17-11-13-3-6-16(18-12-13)19-8-1-2-9-19/h3,6,12,14-15,17,20H,1-2,4-5,7-11H2. The van der Waals surface area contributed by atoms with Gasteiger partial charge in [-0.05, 0) is 49.7 Å². The lowest BCUT2D eigenvalue weighted by atomic mass is 10.1. The first-order chi connectivity index (χ1) is 9.86. The lowest BCUT2D eigenvalue weighted by molar-refractivity contribution is 0.255. The molecule has 1 atom stereocenters. The number of hydrogen-bond acceptors (Lipinski definition) is 4. The molecule has 4 nitrogen and oxygen atoms in total. The number of aliphatic hydroxyl groups excluding tert-OH is 1. The molecule has 0 amide bonds. The Balaban J connectivity index is 1.52. The van der Waals surface area contributed by atoms with Crippen molar-refractivity contribution in [2.75, 3.05) is 24.6 Å². The second-order valence-corrected chi connectivity index (χ2v) is 6.06. The first-order valence-corrected chi connectivity index (χ1v) is 7.91. The fourth-order valence-electron chi connectivity index (χ4n) is 3.05. The van der Waals surface area contributed by atoms with E-state index in [-0.39, 0.29) is 6.61 Å². The summed E-state index contributed by atoms with van der Waals surface area (Å²) in [6.45, 7) is 3.42. The van der Waals surface area contributed by atoms with E-state index in [1.54, 1.807) is 0 Å². The Labute approximate surface area is 121 Å². The van der Waals surface area contributed by atoms with Crippen LogP contribution in [-0.4, -0.2) is 35.8 Å². The predicted molar refractivity (Wildman–Crippen MR) is 80.7 cm³/mol. The van der Waals surface area contributed by atoms with Gasteiger partial charge in [0.15, 0.2) is 0 Å². The molecule has 20 heavy (non-hydrogen) atoms. The summed E-state index contributed by atoms with van der Waals surface area (Å²) >= 11 is 0. The number of aromatic nitrogens is 1. The molecular weight excluding hydrogens is 250 g/mol. The quantitative estimate of drug-likeness (QED) is 0.798. The van der Waals surface area contributed by atoms with E-state index in [9.17, 15) is 0 Å². The molecule has 4 heteroatoms. The number of aliphatic hydroxyl groups is 1. The molecule has 2 aliphatic rings. The van der Waals surface area contributed by atoms with Crippen LogP contribution in [0.3, 0.4) is 0 Å². The van der Waals surface area contributed by atoms with Crippen LogP contribution in [0.25, 0.3) is 0 Å². The van der Waals surface area contributed by atoms with E-state index in [2.05, 4.69) is 27.3 Å². The molecule has 1 saturated carbocycles. The van der Waals surface area contributed by atoms with Crippen molar-refractivity contribution in [3.8, 4) is 0 Å². The van der Waals surface area contributed by atoms with Crippen LogP contribution in [0.15, 0.2) is 18.3 Å². The van der Waals surface area contributed by atoms with Crippen molar-refractivity contribution < 1.29 is 5.11 Å². The Bertz CT molecular complexity index is 410. The minimum Gasteiger partial charge on any atom is -0.396 e. The third kappa shape index (κ3) is 3.49. The summed E-state index contributed by atoms with van der Waals surface area (Å²) in [5, 5.41) is 12.7. The summed E-state index contributed by atoms with van der Waals surface area (Å²) in [6, 6.07) is 4.79. The number of nitrogens with one attached hydrogen (secondary N) is 1. The molecule has 1 aromatic heterocycles. The third-order valence-corrected chi connectivity index (χ3v) is 4.44. The van der Waals surface area contributed by atoms with Gasteiger partial charge in [-0.2, -0.15) is 0 Å². The van der Waals surface area contributed by atoms with Gasteiger partial charge in [0.25, 0.3) is 0 Å². The van der Waals surface area contributed by atoms with Gasteiger partial charge in [0.1, 0.15) is 5.82 Å². The van der Waals surface area contributed by atoms with E-state index in [1.807, 2.05) is 6.20 Å². The molecule has 1 aliphatic heterocycles. The van der Waals surface area contributed by atoms with E-state index in [0.717, 1.165) is 37.8 Å². The van der Waals surface area contributed by atoms with E-state index in [0.29, 0.717) is 6.04 Å². The zero-order valence-electron chi connectivity index (χ0n) is 12.1. The highest BCUT2D eigenvalue weighted by atomic mass is 16.3. The maximum absolute atomic E-state index is 9.11. The smallest absolute Gasteiger partial charge is 0.128 e. The number of nitrogens with zero attached hydrogens (tertiary/aromatic N) is 2. The SMILES string of the molecule is OCCC(NCc1ccc(N2CCCC2)nc1)C1CC1. The van der Waals surface area contributed by atoms with Gasteiger partial charge in [0, 0.05) is 38.5 Å². The lowest BCUT2D eigenvalue weighted by Crippen LogP contribution is -2.31. The summed E-state index contributed by atoms with van der Waals surface area (Å²) in [5.74, 6) is 1.89. The van der Waals surface area contributed by atoms with Crippen molar-refractivity contribution in [3.63, 3.8) is 0 Å². The van der Waals surface area contributed by atoms with E-state index >= 15 is 0 Å². The topological polar surface area (TPSA) is 48.4 Å². The van der Waals surface area contributed by atoms with E-state index in [4.69, 9.17) is 5.11 Å². The van der Waals surface area contributed by atoms with E-state index < -0.39 is 0 Å². The van der Waals surface area contributed by atoms with Gasteiger partial charge in [-0.15, -0.1) is 0 Å². The highest BCUT2D eigenvalue weighted by molar-refractivity contribution is 5.40. The lowest BCUT2D eigenvalue weighted by Gasteiger charge is -2.18. The van der Waals surface area contributed by atoms with Crippen molar-refractivity contribution in [1.82, 2.24) is 10.3 Å². The van der Waals surface area contributed by atoms with Crippen molar-refractivity contribution >= 4 is 5.82 Å². The maximum atomic E-state index is 9.11. The van der Waals surface area contributed by atoms with Crippen LogP contribution < -0.4 is 10.2 Å². The van der Waals surface area contributed by atoms with Crippen LogP contribution in [0.1, 0.15) is 37.7 Å². The van der Waals surface area contributed by atoms with Crippen LogP contribution in [-0.2, 0) is 6.54 Å². The number of pyridine rings is 1. The largest absolute Gasteiger partial charge is 0.396 e. The molecule has 2 heterocycles. The van der Waals surface area contributed by atoms with Gasteiger partial charge in [-0.1, -0.05) is 6.07 Å². The Morgan fingerprint density at radius 2 is 2.10 bits per heavy atom. The minimum atomic E-state index is 0.278. The Morgan fingerprint density at radius 1 is 1.30 bits per heavy atom. The Kier molecular flexibility index (Phi) is 4.53. The van der Waals surface area contributed by atoms with Gasteiger partial charge in [-0.3, -0.25) is 0 Å². The minimum absolute atomic E-state index is 0.278. The normalized spacial score (nSPS) is 20.4. The Morgan fingerprint density at radius 3 is 2.70 bits per heavy atom. The van der Waals surface area contributed by atoms with Crippen LogP contribution in [0, 0.1) is 5.92 Å². The molecule has 2 fully saturated rings. The molecule has 0 radical (unpaired) electrons. The third-order valence-electron chi connectivity index (χ3n) is 4.44. The molecule has 110 valence electrons. The first kappa shape index (κ1) is 13.8. The first-order valence-electron chi connectivity index (χ1n) is 7.91. The summed E-state index contributed by atoms with van der Waals surface area (Å²) in [6.07, 6.45) is 8.05. The highest BCUT2D eigenvalue weighted by Crippen LogP contribution is 2.34. The number of hydrogen-bond donors (Lipinski definition) is 2. The second-order valence-electron chi connectivity index (χ2n) is 6.06. The summed E-state index contributed by atoms with van der Waals surface area (Å²) < 4.78 is 0. The molecule has 0 aromatic carbocycles. The van der Waals surface area contributed by atoms with Crippen molar-refractivity contribution in [1.29, 1.82) is 0 Å². The van der Waals surface area contributed by atoms with Crippen LogP contribution in [0.4, 0.5) is 5.82 Å². The summed E-state index contributed by atoms with van der Waals surface area (Å²) in [5.41, 5.74) is 1.23. The molecule has 1 saturated heterocycles. The average molecular weight is 275 g/mol. The summed E-state index contributed by atoms with van der Waals surface area (Å²) in [7, 11) is 0. The van der Waals surface area contributed by atoms with Crippen LogP contribution in [0.5, 0.6) is 0 Å². The van der Waals surface area contributed by atoms with Gasteiger partial charge >= 0.3 is 0 Å². The highest BCUT2D eigenvalue weighted by Gasteiger charge is 2.30. The molecule has 1 aromatic rings. The molecular formula is C16H25N3O. The molecule has 1 unspecified atom stereocenters. The Hall–Kier alpha value is -1.13. The average Bonchev–Trinajstić information content (AvgIpc) is 3.18. The zero-order valence-corrected chi connectivity index (χ0v) is 12.1. The van der Waals surface area contributed by atoms with Crippen molar-refractivity contribution in [3.05, 3.63) is 23.9 Å².